The van der Waals surface area contributed by atoms with E-state index in [1.165, 1.54) is 0 Å². The summed E-state index contributed by atoms with van der Waals surface area (Å²) in [4.78, 5) is -0.926. The molecule has 0 heterocycles. The molecule has 0 saturated heterocycles. The van der Waals surface area contributed by atoms with Gasteiger partial charge >= 0.3 is 0 Å². The van der Waals surface area contributed by atoms with E-state index in [1.807, 2.05) is 0 Å². The number of sulfonamides is 1. The normalized spacial score (nSPS) is 11.1. The number of hydrogen-bond donors (Lipinski definition) is 2. The first-order valence-corrected chi connectivity index (χ1v) is 6.55. The number of nitrogens with one attached hydrogen (secondary N) is 2. The fraction of sp³-hybridized carbons (Fsp3) is 0.400. The SMILES string of the molecule is CNCCCNS(=O)(=O)c1c(F)cccc1F.Cl. The van der Waals surface area contributed by atoms with Crippen molar-refractivity contribution in [3.63, 3.8) is 0 Å². The van der Waals surface area contributed by atoms with Gasteiger partial charge in [0.25, 0.3) is 0 Å². The Bertz CT molecular complexity index is 463. The minimum absolute atomic E-state index is 0. The predicted octanol–water partition coefficient (Wildman–Crippen LogP) is 1.27. The second-order valence-corrected chi connectivity index (χ2v) is 5.11. The average Bonchev–Trinajstić information content (AvgIpc) is 2.24. The van der Waals surface area contributed by atoms with Gasteiger partial charge in [-0.05, 0) is 32.1 Å². The van der Waals surface area contributed by atoms with Crippen LogP contribution in [-0.4, -0.2) is 28.6 Å². The van der Waals surface area contributed by atoms with Crippen LogP contribution in [0.1, 0.15) is 6.42 Å². The molecule has 4 nitrogen and oxygen atoms in total. The molecule has 8 heteroatoms. The van der Waals surface area contributed by atoms with E-state index in [1.54, 1.807) is 7.05 Å². The summed E-state index contributed by atoms with van der Waals surface area (Å²) < 4.78 is 51.9. The number of halogens is 3. The van der Waals surface area contributed by atoms with Gasteiger partial charge < -0.3 is 5.32 Å². The molecule has 2 N–H and O–H groups in total. The fourth-order valence-electron chi connectivity index (χ4n) is 1.28. The van der Waals surface area contributed by atoms with E-state index in [4.69, 9.17) is 0 Å². The van der Waals surface area contributed by atoms with Crippen molar-refractivity contribution in [2.45, 2.75) is 11.3 Å². The first kappa shape index (κ1) is 17.2. The fourth-order valence-corrected chi connectivity index (χ4v) is 2.49. The maximum Gasteiger partial charge on any atom is 0.246 e. The molecule has 0 aliphatic heterocycles. The summed E-state index contributed by atoms with van der Waals surface area (Å²) in [5.41, 5.74) is 0. The van der Waals surface area contributed by atoms with Gasteiger partial charge in [-0.3, -0.25) is 0 Å². The van der Waals surface area contributed by atoms with Crippen LogP contribution in [0.25, 0.3) is 0 Å². The Morgan fingerprint density at radius 3 is 2.22 bits per heavy atom. The molecule has 0 bridgehead atoms. The summed E-state index contributed by atoms with van der Waals surface area (Å²) >= 11 is 0. The van der Waals surface area contributed by atoms with Crippen LogP contribution in [0.3, 0.4) is 0 Å². The molecule has 1 aromatic carbocycles. The van der Waals surface area contributed by atoms with E-state index in [9.17, 15) is 17.2 Å². The van der Waals surface area contributed by atoms with Crippen LogP contribution >= 0.6 is 12.4 Å². The van der Waals surface area contributed by atoms with Crippen LogP contribution in [0.5, 0.6) is 0 Å². The molecule has 104 valence electrons. The molecule has 0 aliphatic rings. The van der Waals surface area contributed by atoms with Crippen molar-refractivity contribution in [1.29, 1.82) is 0 Å². The van der Waals surface area contributed by atoms with Crippen molar-refractivity contribution >= 4 is 22.4 Å². The Morgan fingerprint density at radius 2 is 1.72 bits per heavy atom. The van der Waals surface area contributed by atoms with Gasteiger partial charge in [-0.2, -0.15) is 0 Å². The van der Waals surface area contributed by atoms with Crippen molar-refractivity contribution in [2.24, 2.45) is 0 Å². The molecule has 0 unspecified atom stereocenters. The third-order valence-electron chi connectivity index (χ3n) is 2.08. The highest BCUT2D eigenvalue weighted by Gasteiger charge is 2.22. The van der Waals surface area contributed by atoms with Crippen LogP contribution in [0.2, 0.25) is 0 Å². The third kappa shape index (κ3) is 4.49. The van der Waals surface area contributed by atoms with Crippen molar-refractivity contribution in [3.05, 3.63) is 29.8 Å². The summed E-state index contributed by atoms with van der Waals surface area (Å²) in [7, 11) is -2.40. The Morgan fingerprint density at radius 1 is 1.17 bits per heavy atom. The van der Waals surface area contributed by atoms with Crippen LogP contribution in [0, 0.1) is 11.6 Å². The van der Waals surface area contributed by atoms with Crippen LogP contribution in [-0.2, 0) is 10.0 Å². The maximum absolute atomic E-state index is 13.2. The van der Waals surface area contributed by atoms with Crippen molar-refractivity contribution in [2.75, 3.05) is 20.1 Å². The molecule has 0 aromatic heterocycles. The highest BCUT2D eigenvalue weighted by atomic mass is 35.5. The summed E-state index contributed by atoms with van der Waals surface area (Å²) in [6.45, 7) is 0.735. The van der Waals surface area contributed by atoms with Gasteiger partial charge in [-0.1, -0.05) is 6.07 Å². The molecule has 1 aromatic rings. The number of benzene rings is 1. The summed E-state index contributed by atoms with van der Waals surface area (Å²) in [5, 5.41) is 2.83. The van der Waals surface area contributed by atoms with E-state index in [-0.39, 0.29) is 19.0 Å². The third-order valence-corrected chi connectivity index (χ3v) is 3.59. The first-order chi connectivity index (χ1) is 7.99. The Balaban J connectivity index is 0.00000289. The lowest BCUT2D eigenvalue weighted by molar-refractivity contribution is 0.513. The largest absolute Gasteiger partial charge is 0.320 e. The highest BCUT2D eigenvalue weighted by molar-refractivity contribution is 7.89. The summed E-state index contributed by atoms with van der Waals surface area (Å²) in [6.07, 6.45) is 0.534. The van der Waals surface area contributed by atoms with E-state index < -0.39 is 26.6 Å². The van der Waals surface area contributed by atoms with Gasteiger partial charge in [-0.15, -0.1) is 12.4 Å². The smallest absolute Gasteiger partial charge is 0.246 e. The highest BCUT2D eigenvalue weighted by Crippen LogP contribution is 2.17. The zero-order chi connectivity index (χ0) is 12.9. The molecule has 0 spiro atoms. The molecule has 18 heavy (non-hydrogen) atoms. The topological polar surface area (TPSA) is 58.2 Å². The Kier molecular flexibility index (Phi) is 7.30. The van der Waals surface area contributed by atoms with Crippen LogP contribution in [0.15, 0.2) is 23.1 Å². The standard InChI is InChI=1S/C10H14F2N2O2S.ClH/c1-13-6-3-7-14-17(15,16)10-8(11)4-2-5-9(10)12;/h2,4-5,13-14H,3,6-7H2,1H3;1H. The van der Waals surface area contributed by atoms with E-state index in [2.05, 4.69) is 10.0 Å². The minimum atomic E-state index is -4.13. The predicted molar refractivity (Wildman–Crippen MR) is 67.3 cm³/mol. The van der Waals surface area contributed by atoms with E-state index in [0.29, 0.717) is 13.0 Å². The van der Waals surface area contributed by atoms with Crippen LogP contribution in [0.4, 0.5) is 8.78 Å². The molecule has 1 rings (SSSR count). The Hall–Kier alpha value is -0.760. The zero-order valence-corrected chi connectivity index (χ0v) is 11.4. The lowest BCUT2D eigenvalue weighted by atomic mass is 10.3. The van der Waals surface area contributed by atoms with Gasteiger partial charge in [0.15, 0.2) is 4.90 Å². The average molecular weight is 301 g/mol. The molecule has 0 aliphatic carbocycles. The quantitative estimate of drug-likeness (QED) is 0.778. The molecule has 0 atom stereocenters. The first-order valence-electron chi connectivity index (χ1n) is 5.07. The van der Waals surface area contributed by atoms with Gasteiger partial charge in [0.2, 0.25) is 10.0 Å². The second-order valence-electron chi connectivity index (χ2n) is 3.41. The van der Waals surface area contributed by atoms with E-state index in [0.717, 1.165) is 18.2 Å². The van der Waals surface area contributed by atoms with Gasteiger partial charge in [0.1, 0.15) is 11.6 Å². The lowest BCUT2D eigenvalue weighted by Gasteiger charge is -2.08. The molecule has 0 fully saturated rings. The molecule has 0 amide bonds. The maximum atomic E-state index is 13.2. The monoisotopic (exact) mass is 300 g/mol. The van der Waals surface area contributed by atoms with Crippen molar-refractivity contribution in [1.82, 2.24) is 10.0 Å². The number of hydrogen-bond acceptors (Lipinski definition) is 3. The minimum Gasteiger partial charge on any atom is -0.320 e. The molecule has 0 radical (unpaired) electrons. The molecular weight excluding hydrogens is 286 g/mol. The summed E-state index contributed by atoms with van der Waals surface area (Å²) in [6, 6.07) is 2.93. The van der Waals surface area contributed by atoms with E-state index >= 15 is 0 Å². The van der Waals surface area contributed by atoms with Crippen molar-refractivity contribution < 1.29 is 17.2 Å². The van der Waals surface area contributed by atoms with Gasteiger partial charge in [0, 0.05) is 6.54 Å². The number of rotatable bonds is 6. The van der Waals surface area contributed by atoms with Gasteiger partial charge in [-0.25, -0.2) is 21.9 Å². The van der Waals surface area contributed by atoms with Crippen LogP contribution < -0.4 is 10.0 Å². The second kappa shape index (κ2) is 7.63. The zero-order valence-electron chi connectivity index (χ0n) is 9.74. The molecular formula is C10H15ClF2N2O2S. The summed E-state index contributed by atoms with van der Waals surface area (Å²) in [5.74, 6) is -2.18. The lowest BCUT2D eigenvalue weighted by Crippen LogP contribution is -2.28. The Labute approximate surface area is 111 Å². The van der Waals surface area contributed by atoms with Crippen molar-refractivity contribution in [3.8, 4) is 0 Å². The molecule has 0 saturated carbocycles. The van der Waals surface area contributed by atoms with Gasteiger partial charge in [0.05, 0.1) is 0 Å².